The summed E-state index contributed by atoms with van der Waals surface area (Å²) in [4.78, 5) is 13.8. The fourth-order valence-corrected chi connectivity index (χ4v) is 2.16. The van der Waals surface area contributed by atoms with Gasteiger partial charge >= 0.3 is 6.09 Å². The molecule has 0 saturated carbocycles. The highest BCUT2D eigenvalue weighted by atomic mass is 16.6. The lowest BCUT2D eigenvalue weighted by molar-refractivity contribution is -0.0651. The molecule has 0 spiro atoms. The second kappa shape index (κ2) is 6.64. The number of ether oxygens (including phenoxy) is 3. The van der Waals surface area contributed by atoms with E-state index >= 15 is 0 Å². The molecule has 124 valence electrons. The Morgan fingerprint density at radius 2 is 1.71 bits per heavy atom. The molecule has 6 nitrogen and oxygen atoms in total. The Balaban J connectivity index is 0.00000191. The molecule has 0 aromatic rings. The van der Waals surface area contributed by atoms with Crippen LogP contribution in [0.15, 0.2) is 0 Å². The monoisotopic (exact) mass is 302 g/mol. The largest absolute Gasteiger partial charge is 0.483 e. The van der Waals surface area contributed by atoms with Gasteiger partial charge in [0.25, 0.3) is 0 Å². The molecule has 1 heterocycles. The van der Waals surface area contributed by atoms with Gasteiger partial charge in [-0.2, -0.15) is 0 Å². The molecule has 6 heteroatoms. The van der Waals surface area contributed by atoms with E-state index in [1.807, 2.05) is 13.8 Å². The molecular weight excluding hydrogens is 272 g/mol. The van der Waals surface area contributed by atoms with Gasteiger partial charge in [0.15, 0.2) is 0 Å². The van der Waals surface area contributed by atoms with Crippen LogP contribution in [0.3, 0.4) is 0 Å². The van der Waals surface area contributed by atoms with Crippen LogP contribution in [-0.2, 0) is 14.2 Å². The van der Waals surface area contributed by atoms with Gasteiger partial charge in [-0.1, -0.05) is 13.8 Å². The lowest BCUT2D eigenvalue weighted by Gasteiger charge is -2.39. The van der Waals surface area contributed by atoms with Crippen LogP contribution in [0.5, 0.6) is 0 Å². The first-order chi connectivity index (χ1) is 9.44. The van der Waals surface area contributed by atoms with Gasteiger partial charge in [-0.05, 0) is 41.5 Å². The van der Waals surface area contributed by atoms with E-state index in [1.165, 1.54) is 12.0 Å². The van der Waals surface area contributed by atoms with Crippen LogP contribution in [0, 0.1) is 5.41 Å². The average molecular weight is 302 g/mol. The Kier molecular flexibility index (Phi) is 6.23. The fraction of sp³-hybridized carbons (Fsp3) is 0.867. The first-order valence-electron chi connectivity index (χ1n) is 7.24. The van der Waals surface area contributed by atoms with Gasteiger partial charge in [0.1, 0.15) is 16.9 Å². The van der Waals surface area contributed by atoms with E-state index in [-0.39, 0.29) is 12.5 Å². The van der Waals surface area contributed by atoms with Crippen molar-refractivity contribution in [2.24, 2.45) is 0 Å². The molecule has 1 rings (SSSR count). The van der Waals surface area contributed by atoms with Crippen molar-refractivity contribution in [1.82, 2.24) is 4.90 Å². The summed E-state index contributed by atoms with van der Waals surface area (Å²) in [5.74, 6) is -0.0241. The van der Waals surface area contributed by atoms with Crippen molar-refractivity contribution < 1.29 is 19.0 Å². The minimum absolute atomic E-state index is 0.0241. The number of hydrogen-bond donors (Lipinski definition) is 1. The number of nitrogens with one attached hydrogen (secondary N) is 1. The first-order valence-corrected chi connectivity index (χ1v) is 7.24. The molecule has 1 N–H and O–H groups in total. The summed E-state index contributed by atoms with van der Waals surface area (Å²) >= 11 is 0. The third-order valence-corrected chi connectivity index (χ3v) is 3.01. The minimum atomic E-state index is -0.958. The Bertz CT molecular complexity index is 388. The number of carbonyl (C=O) groups is 1. The van der Waals surface area contributed by atoms with Crippen LogP contribution >= 0.6 is 0 Å². The number of amides is 1. The molecule has 0 aliphatic carbocycles. The summed E-state index contributed by atoms with van der Waals surface area (Å²) in [6.45, 7) is 14.9. The number of hydrogen-bond acceptors (Lipinski definition) is 5. The van der Waals surface area contributed by atoms with E-state index in [1.54, 1.807) is 41.5 Å². The fourth-order valence-electron chi connectivity index (χ4n) is 2.16. The van der Waals surface area contributed by atoms with Crippen LogP contribution in [0.25, 0.3) is 0 Å². The molecule has 1 saturated heterocycles. The van der Waals surface area contributed by atoms with Crippen LogP contribution in [-0.4, -0.2) is 47.5 Å². The molecule has 0 radical (unpaired) electrons. The van der Waals surface area contributed by atoms with E-state index < -0.39 is 23.0 Å². The van der Waals surface area contributed by atoms with Crippen molar-refractivity contribution >= 4 is 12.0 Å². The zero-order valence-electron chi connectivity index (χ0n) is 14.8. The Morgan fingerprint density at radius 1 is 1.24 bits per heavy atom. The van der Waals surface area contributed by atoms with E-state index in [2.05, 4.69) is 0 Å². The molecule has 0 aromatic carbocycles. The Labute approximate surface area is 128 Å². The third kappa shape index (κ3) is 4.33. The second-order valence-electron chi connectivity index (χ2n) is 6.36. The van der Waals surface area contributed by atoms with Crippen molar-refractivity contribution in [3.63, 3.8) is 0 Å². The van der Waals surface area contributed by atoms with E-state index in [0.717, 1.165) is 0 Å². The zero-order chi connectivity index (χ0) is 17.1. The normalized spacial score (nSPS) is 24.0. The van der Waals surface area contributed by atoms with E-state index in [4.69, 9.17) is 19.6 Å². The number of methoxy groups -OCH3 is 1. The summed E-state index contributed by atoms with van der Waals surface area (Å²) in [6, 6.07) is 0. The summed E-state index contributed by atoms with van der Waals surface area (Å²) < 4.78 is 16.0. The predicted molar refractivity (Wildman–Crippen MR) is 82.6 cm³/mol. The van der Waals surface area contributed by atoms with E-state index in [0.29, 0.717) is 0 Å². The molecule has 1 aliphatic heterocycles. The van der Waals surface area contributed by atoms with Gasteiger partial charge in [-0.25, -0.2) is 4.79 Å². The number of nitrogens with zero attached hydrogens (tertiary/aromatic N) is 1. The highest BCUT2D eigenvalue weighted by molar-refractivity contribution is 5.88. The van der Waals surface area contributed by atoms with Crippen molar-refractivity contribution in [3.8, 4) is 0 Å². The summed E-state index contributed by atoms with van der Waals surface area (Å²) in [6.07, 6.45) is -0.515. The van der Waals surface area contributed by atoms with Crippen molar-refractivity contribution in [2.45, 2.75) is 72.3 Å². The van der Waals surface area contributed by atoms with Crippen molar-refractivity contribution in [3.05, 3.63) is 0 Å². The molecule has 1 amide bonds. The van der Waals surface area contributed by atoms with Crippen molar-refractivity contribution in [1.29, 1.82) is 5.41 Å². The molecule has 0 aromatic heterocycles. The predicted octanol–water partition coefficient (Wildman–Crippen LogP) is 3.40. The van der Waals surface area contributed by atoms with Crippen LogP contribution < -0.4 is 0 Å². The maximum atomic E-state index is 12.4. The highest BCUT2D eigenvalue weighted by Gasteiger charge is 2.56. The van der Waals surface area contributed by atoms with Crippen LogP contribution in [0.4, 0.5) is 4.79 Å². The van der Waals surface area contributed by atoms with Gasteiger partial charge in [0, 0.05) is 0 Å². The van der Waals surface area contributed by atoms with Gasteiger partial charge in [0.05, 0.1) is 13.7 Å². The highest BCUT2D eigenvalue weighted by Crippen LogP contribution is 2.37. The minimum Gasteiger partial charge on any atom is -0.483 e. The third-order valence-electron chi connectivity index (χ3n) is 3.01. The molecule has 1 aliphatic rings. The summed E-state index contributed by atoms with van der Waals surface area (Å²) in [5.41, 5.74) is -2.41. The Morgan fingerprint density at radius 3 is 2.10 bits per heavy atom. The molecule has 0 bridgehead atoms. The molecule has 1 fully saturated rings. The van der Waals surface area contributed by atoms with Gasteiger partial charge in [0.2, 0.25) is 5.90 Å². The molecular formula is C15H30N2O4. The lowest BCUT2D eigenvalue weighted by atomic mass is 10.0. The van der Waals surface area contributed by atoms with Crippen LogP contribution in [0.2, 0.25) is 0 Å². The maximum Gasteiger partial charge on any atom is 0.413 e. The SMILES string of the molecule is CC.COC(=N)C1(C)COC(C)(C)N1C(=O)OC(C)(C)C. The zero-order valence-corrected chi connectivity index (χ0v) is 14.8. The average Bonchev–Trinajstić information content (AvgIpc) is 2.60. The maximum absolute atomic E-state index is 12.4. The summed E-state index contributed by atoms with van der Waals surface area (Å²) in [5, 5.41) is 7.91. The summed E-state index contributed by atoms with van der Waals surface area (Å²) in [7, 11) is 1.41. The quantitative estimate of drug-likeness (QED) is 0.595. The molecule has 1 unspecified atom stereocenters. The first kappa shape index (κ1) is 19.7. The smallest absolute Gasteiger partial charge is 0.413 e. The lowest BCUT2D eigenvalue weighted by Crippen LogP contribution is -2.59. The van der Waals surface area contributed by atoms with Crippen molar-refractivity contribution in [2.75, 3.05) is 13.7 Å². The standard InChI is InChI=1S/C13H24N2O4.C2H6/c1-11(2,3)19-10(16)15-12(4,5)18-8-13(15,6)9(14)17-7;1-2/h14H,8H2,1-7H3;1-2H3. The number of carbonyl (C=O) groups excluding carboxylic acids is 1. The molecule has 1 atom stereocenters. The van der Waals surface area contributed by atoms with Gasteiger partial charge < -0.3 is 14.2 Å². The number of rotatable bonds is 1. The molecule has 21 heavy (non-hydrogen) atoms. The second-order valence-corrected chi connectivity index (χ2v) is 6.36. The van der Waals surface area contributed by atoms with Gasteiger partial charge in [-0.15, -0.1) is 0 Å². The van der Waals surface area contributed by atoms with Gasteiger partial charge in [-0.3, -0.25) is 10.3 Å². The topological polar surface area (TPSA) is 71.9 Å². The Hall–Kier alpha value is -1.30. The van der Waals surface area contributed by atoms with E-state index in [9.17, 15) is 4.79 Å². The van der Waals surface area contributed by atoms with Crippen LogP contribution in [0.1, 0.15) is 55.4 Å².